The molecule has 0 fully saturated rings. The zero-order valence-corrected chi connectivity index (χ0v) is 12.5. The fraction of sp³-hybridized carbons (Fsp3) is 0.273. The SMILES string of the molecule is C[OH+]CC(/C=N\N=C([S-])SC)=C\c1ccc([N+](=O)[O-])o1. The lowest BCUT2D eigenvalue weighted by Gasteiger charge is -2.01. The topological polar surface area (TPSA) is 93.8 Å². The Kier molecular flexibility index (Phi) is 6.91. The first-order chi connectivity index (χ1) is 9.56. The lowest BCUT2D eigenvalue weighted by Crippen LogP contribution is -1.99. The fourth-order valence-corrected chi connectivity index (χ4v) is 1.37. The third-order valence-electron chi connectivity index (χ3n) is 2.00. The summed E-state index contributed by atoms with van der Waals surface area (Å²) in [5, 5.41) is 18.1. The lowest BCUT2D eigenvalue weighted by atomic mass is 10.2. The maximum Gasteiger partial charge on any atom is 0.433 e. The fourth-order valence-electron chi connectivity index (χ4n) is 1.20. The van der Waals surface area contributed by atoms with Gasteiger partial charge in [0.2, 0.25) is 0 Å². The molecule has 9 heteroatoms. The van der Waals surface area contributed by atoms with Crippen molar-refractivity contribution in [2.24, 2.45) is 10.2 Å². The van der Waals surface area contributed by atoms with Crippen molar-refractivity contribution in [1.82, 2.24) is 0 Å². The van der Waals surface area contributed by atoms with Crippen LogP contribution < -0.4 is 0 Å². The van der Waals surface area contributed by atoms with Gasteiger partial charge in [0.15, 0.2) is 6.61 Å². The molecule has 1 aromatic rings. The summed E-state index contributed by atoms with van der Waals surface area (Å²) in [6.45, 7) is 0.388. The minimum absolute atomic E-state index is 0.311. The van der Waals surface area contributed by atoms with Crippen LogP contribution in [0.4, 0.5) is 5.88 Å². The normalized spacial score (nSPS) is 13.1. The van der Waals surface area contributed by atoms with Crippen molar-refractivity contribution in [3.05, 3.63) is 33.6 Å². The van der Waals surface area contributed by atoms with Gasteiger partial charge in [-0.3, -0.25) is 10.1 Å². The summed E-state index contributed by atoms with van der Waals surface area (Å²) in [7, 11) is 1.65. The van der Waals surface area contributed by atoms with Crippen LogP contribution in [0.25, 0.3) is 6.08 Å². The highest BCUT2D eigenvalue weighted by atomic mass is 32.2. The predicted molar refractivity (Wildman–Crippen MR) is 83.2 cm³/mol. The van der Waals surface area contributed by atoms with Crippen LogP contribution in [0.1, 0.15) is 5.76 Å². The largest absolute Gasteiger partial charge is 0.752 e. The van der Waals surface area contributed by atoms with Gasteiger partial charge < -0.3 is 21.8 Å². The molecule has 0 radical (unpaired) electrons. The van der Waals surface area contributed by atoms with Gasteiger partial charge in [-0.1, -0.05) is 0 Å². The van der Waals surface area contributed by atoms with Gasteiger partial charge >= 0.3 is 5.88 Å². The standard InChI is InChI=1S/C11H13N3O4S2/c1-17-7-8(6-12-13-11(19)20-2)5-9-3-4-10(18-9)14(15)16/h3-6H,7H2,1-2H3,(H,13,19)/b8-5-,12-6-. The molecule has 0 saturated heterocycles. The lowest BCUT2D eigenvalue weighted by molar-refractivity contribution is -0.402. The highest BCUT2D eigenvalue weighted by Crippen LogP contribution is 2.17. The number of hydrogen-bond donors (Lipinski definition) is 0. The highest BCUT2D eigenvalue weighted by molar-refractivity contribution is 8.26. The number of thioether (sulfide) groups is 1. The summed E-state index contributed by atoms with van der Waals surface area (Å²) in [6.07, 6.45) is 4.91. The Morgan fingerprint density at radius 3 is 2.95 bits per heavy atom. The van der Waals surface area contributed by atoms with E-state index in [4.69, 9.17) is 17.0 Å². The monoisotopic (exact) mass is 315 g/mol. The molecule has 7 nitrogen and oxygen atoms in total. The number of rotatable bonds is 6. The number of ether oxygens (including phenoxy) is 1. The average Bonchev–Trinajstić information content (AvgIpc) is 2.87. The second-order valence-electron chi connectivity index (χ2n) is 3.44. The Labute approximate surface area is 125 Å². The van der Waals surface area contributed by atoms with E-state index in [9.17, 15) is 10.1 Å². The summed E-state index contributed by atoms with van der Waals surface area (Å²) in [4.78, 5) is 9.92. The number of aliphatic hydroxyl groups is 2. The Bertz CT molecular complexity index is 552. The van der Waals surface area contributed by atoms with Crippen LogP contribution in [-0.2, 0) is 12.6 Å². The molecule has 1 rings (SSSR count). The molecule has 0 saturated carbocycles. The van der Waals surface area contributed by atoms with Gasteiger partial charge in [-0.15, -0.1) is 11.8 Å². The van der Waals surface area contributed by atoms with E-state index in [0.717, 1.165) is 0 Å². The molecule has 0 atom stereocenters. The van der Waals surface area contributed by atoms with E-state index < -0.39 is 4.92 Å². The summed E-state index contributed by atoms with van der Waals surface area (Å²) < 4.78 is 9.43. The van der Waals surface area contributed by atoms with Crippen LogP contribution in [-0.4, -0.2) is 40.2 Å². The Morgan fingerprint density at radius 2 is 2.40 bits per heavy atom. The molecule has 0 bridgehead atoms. The average molecular weight is 315 g/mol. The third kappa shape index (κ3) is 5.51. The molecule has 1 aromatic heterocycles. The van der Waals surface area contributed by atoms with Crippen molar-refractivity contribution in [2.45, 2.75) is 0 Å². The molecule has 0 aliphatic rings. The van der Waals surface area contributed by atoms with Crippen molar-refractivity contribution in [1.29, 1.82) is 0 Å². The molecular weight excluding hydrogens is 302 g/mol. The van der Waals surface area contributed by atoms with Crippen molar-refractivity contribution in [3.8, 4) is 0 Å². The molecule has 1 heterocycles. The predicted octanol–water partition coefficient (Wildman–Crippen LogP) is 1.98. The Morgan fingerprint density at radius 1 is 1.65 bits per heavy atom. The van der Waals surface area contributed by atoms with E-state index in [2.05, 4.69) is 14.9 Å². The maximum absolute atomic E-state index is 10.5. The van der Waals surface area contributed by atoms with Crippen LogP contribution in [0.2, 0.25) is 0 Å². The van der Waals surface area contributed by atoms with Crippen LogP contribution >= 0.6 is 11.8 Å². The van der Waals surface area contributed by atoms with Crippen LogP contribution in [0.5, 0.6) is 0 Å². The van der Waals surface area contributed by atoms with Crippen LogP contribution in [0, 0.1) is 10.1 Å². The van der Waals surface area contributed by atoms with Crippen molar-refractivity contribution in [2.75, 3.05) is 20.0 Å². The minimum atomic E-state index is -0.596. The molecule has 0 aliphatic carbocycles. The molecule has 0 amide bonds. The Hall–Kier alpha value is -1.71. The zero-order valence-electron chi connectivity index (χ0n) is 10.8. The van der Waals surface area contributed by atoms with Crippen molar-refractivity contribution in [3.63, 3.8) is 0 Å². The zero-order chi connectivity index (χ0) is 15.0. The van der Waals surface area contributed by atoms with Gasteiger partial charge in [0.05, 0.1) is 17.9 Å². The first kappa shape index (κ1) is 16.3. The number of hydrogen-bond acceptors (Lipinski definition) is 7. The third-order valence-corrected chi connectivity index (χ3v) is 3.01. The van der Waals surface area contributed by atoms with E-state index in [1.807, 2.05) is 6.26 Å². The second kappa shape index (κ2) is 8.46. The first-order valence-electron chi connectivity index (χ1n) is 5.39. The van der Waals surface area contributed by atoms with Gasteiger partial charge in [-0.05, 0) is 22.8 Å². The summed E-state index contributed by atoms with van der Waals surface area (Å²) in [5.74, 6) is 0.0449. The molecule has 0 spiro atoms. The number of furan rings is 1. The highest BCUT2D eigenvalue weighted by Gasteiger charge is 2.11. The Balaban J connectivity index is 2.88. The molecule has 0 aromatic carbocycles. The first-order valence-corrected chi connectivity index (χ1v) is 7.02. The number of nitrogens with zero attached hydrogens (tertiary/aromatic N) is 3. The van der Waals surface area contributed by atoms with Crippen LogP contribution in [0.15, 0.2) is 32.3 Å². The second-order valence-corrected chi connectivity index (χ2v) is 4.88. The minimum Gasteiger partial charge on any atom is -0.752 e. The van der Waals surface area contributed by atoms with Gasteiger partial charge in [0, 0.05) is 0 Å². The maximum atomic E-state index is 10.5. The van der Waals surface area contributed by atoms with Gasteiger partial charge in [0.25, 0.3) is 0 Å². The molecule has 108 valence electrons. The van der Waals surface area contributed by atoms with E-state index in [0.29, 0.717) is 22.3 Å². The van der Waals surface area contributed by atoms with Gasteiger partial charge in [-0.25, -0.2) is 0 Å². The van der Waals surface area contributed by atoms with E-state index in [1.54, 1.807) is 13.2 Å². The molecule has 20 heavy (non-hydrogen) atoms. The quantitative estimate of drug-likeness (QED) is 0.200. The van der Waals surface area contributed by atoms with Crippen molar-refractivity contribution < 1.29 is 14.1 Å². The van der Waals surface area contributed by atoms with Gasteiger partial charge in [0.1, 0.15) is 17.8 Å². The summed E-state index contributed by atoms with van der Waals surface area (Å²) in [6, 6.07) is 2.79. The molecular formula is C11H13N3O4S2. The smallest absolute Gasteiger partial charge is 0.433 e. The molecule has 0 aliphatic heterocycles. The molecule has 1 N–H and O–H groups in total. The van der Waals surface area contributed by atoms with E-state index >= 15 is 0 Å². The summed E-state index contributed by atoms with van der Waals surface area (Å²) >= 11 is 6.19. The van der Waals surface area contributed by atoms with Crippen molar-refractivity contribution >= 4 is 46.9 Å². The molecule has 0 unspecified atom stereocenters. The van der Waals surface area contributed by atoms with E-state index in [-0.39, 0.29) is 5.88 Å². The summed E-state index contributed by atoms with van der Waals surface area (Å²) in [5.41, 5.74) is 0.699. The van der Waals surface area contributed by atoms with Gasteiger partial charge in [-0.2, -0.15) is 10.2 Å². The van der Waals surface area contributed by atoms with Crippen LogP contribution in [0.3, 0.4) is 0 Å². The number of nitro groups is 1. The van der Waals surface area contributed by atoms with E-state index in [1.165, 1.54) is 30.1 Å².